The minimum atomic E-state index is -4.49. The first-order valence-electron chi connectivity index (χ1n) is 5.27. The predicted octanol–water partition coefficient (Wildman–Crippen LogP) is 4.29. The molecule has 0 radical (unpaired) electrons. The summed E-state index contributed by atoms with van der Waals surface area (Å²) in [7, 11) is 0. The summed E-state index contributed by atoms with van der Waals surface area (Å²) in [5.74, 6) is 0. The zero-order valence-corrected chi connectivity index (χ0v) is 9.72. The van der Waals surface area contributed by atoms with Crippen LogP contribution < -0.4 is 0 Å². The minimum absolute atomic E-state index is 0.0514. The Labute approximate surface area is 107 Å². The van der Waals surface area contributed by atoms with Gasteiger partial charge >= 0.3 is 6.18 Å². The van der Waals surface area contributed by atoms with Crippen LogP contribution >= 0.6 is 0 Å². The highest BCUT2D eigenvalue weighted by atomic mass is 19.4. The Morgan fingerprint density at radius 3 is 2.68 bits per heavy atom. The molecule has 7 heteroatoms. The Morgan fingerprint density at radius 2 is 2.11 bits per heavy atom. The van der Waals surface area contributed by atoms with E-state index in [-0.39, 0.29) is 17.7 Å². The van der Waals surface area contributed by atoms with Gasteiger partial charge in [-0.3, -0.25) is 0 Å². The summed E-state index contributed by atoms with van der Waals surface area (Å²) in [6.07, 6.45) is -1.02. The van der Waals surface area contributed by atoms with Crippen LogP contribution in [0.15, 0.2) is 29.4 Å². The van der Waals surface area contributed by atoms with E-state index in [1.165, 1.54) is 12.1 Å². The van der Waals surface area contributed by atoms with Crippen molar-refractivity contribution < 1.29 is 13.2 Å². The van der Waals surface area contributed by atoms with E-state index >= 15 is 0 Å². The first-order valence-corrected chi connectivity index (χ1v) is 5.27. The highest BCUT2D eigenvalue weighted by molar-refractivity contribution is 5.54. The molecule has 0 bridgehead atoms. The molecule has 0 aliphatic rings. The third kappa shape index (κ3) is 4.74. The van der Waals surface area contributed by atoms with Gasteiger partial charge in [-0.1, -0.05) is 17.3 Å². The van der Waals surface area contributed by atoms with Gasteiger partial charge in [0.15, 0.2) is 0 Å². The number of halogens is 3. The fraction of sp³-hybridized carbons (Fsp3) is 0.250. The van der Waals surface area contributed by atoms with Gasteiger partial charge in [-0.2, -0.15) is 18.4 Å². The average Bonchev–Trinajstić information content (AvgIpc) is 2.37. The Hall–Kier alpha value is -2.45. The van der Waals surface area contributed by atoms with Crippen LogP contribution in [-0.4, -0.2) is 6.54 Å². The number of azide groups is 1. The maximum atomic E-state index is 12.6. The standard InChI is InChI=1S/C12H9F3N4/c13-12(14,15)11-6-9(5-10(7-11)8-16)3-1-2-4-18-19-17/h1,3,5-7H,2,4H2. The van der Waals surface area contributed by atoms with Crippen LogP contribution in [0.3, 0.4) is 0 Å². The highest BCUT2D eigenvalue weighted by Crippen LogP contribution is 2.30. The maximum Gasteiger partial charge on any atom is 0.416 e. The van der Waals surface area contributed by atoms with E-state index in [9.17, 15) is 13.2 Å². The summed E-state index contributed by atoms with van der Waals surface area (Å²) in [6, 6.07) is 4.82. The summed E-state index contributed by atoms with van der Waals surface area (Å²) in [5, 5.41) is 12.0. The van der Waals surface area contributed by atoms with Crippen molar-refractivity contribution in [1.82, 2.24) is 0 Å². The van der Waals surface area contributed by atoms with Crippen molar-refractivity contribution in [2.75, 3.05) is 6.54 Å². The Balaban J connectivity index is 2.95. The monoisotopic (exact) mass is 266 g/mol. The Kier molecular flexibility index (Phi) is 4.98. The Bertz CT molecular complexity index is 563. The zero-order valence-electron chi connectivity index (χ0n) is 9.72. The molecule has 0 aliphatic heterocycles. The van der Waals surface area contributed by atoms with E-state index in [0.717, 1.165) is 12.1 Å². The van der Waals surface area contributed by atoms with Crippen molar-refractivity contribution in [2.45, 2.75) is 12.6 Å². The number of hydrogen-bond acceptors (Lipinski definition) is 2. The molecule has 0 atom stereocenters. The molecule has 0 aliphatic carbocycles. The molecule has 0 saturated heterocycles. The van der Waals surface area contributed by atoms with Crippen LogP contribution in [-0.2, 0) is 6.18 Å². The van der Waals surface area contributed by atoms with Crippen LogP contribution in [0.4, 0.5) is 13.2 Å². The molecule has 0 saturated carbocycles. The molecule has 0 amide bonds. The van der Waals surface area contributed by atoms with Gasteiger partial charge in [-0.25, -0.2) is 0 Å². The van der Waals surface area contributed by atoms with Gasteiger partial charge in [0.1, 0.15) is 0 Å². The first kappa shape index (κ1) is 14.6. The van der Waals surface area contributed by atoms with Gasteiger partial charge in [0.25, 0.3) is 0 Å². The lowest BCUT2D eigenvalue weighted by Gasteiger charge is -2.07. The second kappa shape index (κ2) is 6.47. The van der Waals surface area contributed by atoms with Gasteiger partial charge in [0.05, 0.1) is 17.2 Å². The van der Waals surface area contributed by atoms with E-state index in [1.54, 1.807) is 12.1 Å². The quantitative estimate of drug-likeness (QED) is 0.346. The molecule has 0 N–H and O–H groups in total. The normalized spacial score (nSPS) is 11.1. The highest BCUT2D eigenvalue weighted by Gasteiger charge is 2.30. The molecular formula is C12H9F3N4. The topological polar surface area (TPSA) is 72.5 Å². The van der Waals surface area contributed by atoms with E-state index < -0.39 is 11.7 Å². The molecule has 98 valence electrons. The van der Waals surface area contributed by atoms with Crippen molar-refractivity contribution in [3.8, 4) is 6.07 Å². The maximum absolute atomic E-state index is 12.6. The van der Waals surface area contributed by atoms with E-state index in [0.29, 0.717) is 6.42 Å². The smallest absolute Gasteiger partial charge is 0.192 e. The summed E-state index contributed by atoms with van der Waals surface area (Å²) < 4.78 is 37.8. The Morgan fingerprint density at radius 1 is 1.37 bits per heavy atom. The van der Waals surface area contributed by atoms with Crippen LogP contribution in [0.25, 0.3) is 16.5 Å². The fourth-order valence-electron chi connectivity index (χ4n) is 1.37. The summed E-state index contributed by atoms with van der Waals surface area (Å²) in [6.45, 7) is 0.233. The van der Waals surface area contributed by atoms with Crippen molar-refractivity contribution in [3.05, 3.63) is 51.4 Å². The second-order valence-electron chi connectivity index (χ2n) is 3.60. The van der Waals surface area contributed by atoms with E-state index in [4.69, 9.17) is 10.8 Å². The van der Waals surface area contributed by atoms with E-state index in [1.807, 2.05) is 0 Å². The number of alkyl halides is 3. The summed E-state index contributed by atoms with van der Waals surface area (Å²) in [5.41, 5.74) is 7.42. The number of nitriles is 1. The lowest BCUT2D eigenvalue weighted by atomic mass is 10.1. The van der Waals surface area contributed by atoms with Gasteiger partial charge < -0.3 is 0 Å². The van der Waals surface area contributed by atoms with Crippen LogP contribution in [0.2, 0.25) is 0 Å². The largest absolute Gasteiger partial charge is 0.416 e. The summed E-state index contributed by atoms with van der Waals surface area (Å²) >= 11 is 0. The molecule has 0 aromatic heterocycles. The number of nitrogens with zero attached hydrogens (tertiary/aromatic N) is 4. The predicted molar refractivity (Wildman–Crippen MR) is 63.8 cm³/mol. The van der Waals surface area contributed by atoms with Crippen molar-refractivity contribution in [1.29, 1.82) is 5.26 Å². The zero-order chi connectivity index (χ0) is 14.3. The van der Waals surface area contributed by atoms with Gasteiger partial charge in [0.2, 0.25) is 0 Å². The van der Waals surface area contributed by atoms with Gasteiger partial charge in [-0.15, -0.1) is 0 Å². The van der Waals surface area contributed by atoms with Gasteiger partial charge in [0, 0.05) is 11.5 Å². The van der Waals surface area contributed by atoms with Crippen molar-refractivity contribution >= 4 is 6.08 Å². The number of rotatable bonds is 4. The third-order valence-corrected chi connectivity index (χ3v) is 2.18. The molecule has 19 heavy (non-hydrogen) atoms. The number of hydrogen-bond donors (Lipinski definition) is 0. The molecule has 0 heterocycles. The van der Waals surface area contributed by atoms with Gasteiger partial charge in [-0.05, 0) is 35.7 Å². The SMILES string of the molecule is N#Cc1cc(C=CCCN=[N+]=[N-])cc(C(F)(F)F)c1. The van der Waals surface area contributed by atoms with Crippen LogP contribution in [0.5, 0.6) is 0 Å². The molecule has 0 fully saturated rings. The molecule has 1 rings (SSSR count). The fourth-order valence-corrected chi connectivity index (χ4v) is 1.37. The average molecular weight is 266 g/mol. The molecule has 0 unspecified atom stereocenters. The van der Waals surface area contributed by atoms with E-state index in [2.05, 4.69) is 10.0 Å². The van der Waals surface area contributed by atoms with Crippen molar-refractivity contribution in [2.24, 2.45) is 5.11 Å². The van der Waals surface area contributed by atoms with Crippen LogP contribution in [0, 0.1) is 11.3 Å². The molecular weight excluding hydrogens is 257 g/mol. The van der Waals surface area contributed by atoms with Crippen molar-refractivity contribution in [3.63, 3.8) is 0 Å². The minimum Gasteiger partial charge on any atom is -0.192 e. The summed E-state index contributed by atoms with van der Waals surface area (Å²) in [4.78, 5) is 2.55. The molecule has 4 nitrogen and oxygen atoms in total. The van der Waals surface area contributed by atoms with Crippen LogP contribution in [0.1, 0.15) is 23.1 Å². The first-order chi connectivity index (χ1) is 8.97. The lowest BCUT2D eigenvalue weighted by molar-refractivity contribution is -0.137. The second-order valence-corrected chi connectivity index (χ2v) is 3.60. The number of benzene rings is 1. The molecule has 1 aromatic rings. The molecule has 0 spiro atoms. The third-order valence-electron chi connectivity index (χ3n) is 2.18. The molecule has 1 aromatic carbocycles. The lowest BCUT2D eigenvalue weighted by Crippen LogP contribution is -2.05.